The van der Waals surface area contributed by atoms with E-state index >= 15 is 0 Å². The minimum absolute atomic E-state index is 0.0282. The normalized spacial score (nSPS) is 15.1. The topological polar surface area (TPSA) is 115 Å². The van der Waals surface area contributed by atoms with Crippen molar-refractivity contribution < 1.29 is 23.8 Å². The van der Waals surface area contributed by atoms with Crippen LogP contribution in [0.3, 0.4) is 0 Å². The molecule has 0 saturated carbocycles. The molecular formula is C30H27N3O5. The first-order valence-corrected chi connectivity index (χ1v) is 11.8. The molecule has 3 aromatic carbocycles. The summed E-state index contributed by atoms with van der Waals surface area (Å²) in [4.78, 5) is 28.0. The number of hydrogen-bond acceptors (Lipinski definition) is 8. The molecule has 0 fully saturated rings. The van der Waals surface area contributed by atoms with Crippen molar-refractivity contribution in [3.63, 3.8) is 0 Å². The highest BCUT2D eigenvalue weighted by molar-refractivity contribution is 6.06. The monoisotopic (exact) mass is 509 g/mol. The van der Waals surface area contributed by atoms with Crippen LogP contribution in [0.4, 0.5) is 5.69 Å². The van der Waals surface area contributed by atoms with Crippen LogP contribution in [0, 0.1) is 18.3 Å². The van der Waals surface area contributed by atoms with E-state index in [1.165, 1.54) is 26.2 Å². The summed E-state index contributed by atoms with van der Waals surface area (Å²) in [7, 11) is 3.91. The van der Waals surface area contributed by atoms with Crippen molar-refractivity contribution in [3.8, 4) is 22.9 Å². The predicted molar refractivity (Wildman–Crippen MR) is 143 cm³/mol. The fourth-order valence-corrected chi connectivity index (χ4v) is 4.70. The molecule has 1 heterocycles. The Hall–Kier alpha value is -5.03. The van der Waals surface area contributed by atoms with Crippen molar-refractivity contribution in [2.75, 3.05) is 26.2 Å². The van der Waals surface area contributed by atoms with Crippen LogP contribution in [0.5, 0.6) is 5.75 Å². The number of nitriles is 1. The van der Waals surface area contributed by atoms with Crippen molar-refractivity contribution in [2.24, 2.45) is 5.73 Å². The van der Waals surface area contributed by atoms with E-state index in [1.54, 1.807) is 30.3 Å². The number of esters is 2. The third-order valence-corrected chi connectivity index (χ3v) is 6.46. The van der Waals surface area contributed by atoms with Gasteiger partial charge in [-0.15, -0.1) is 0 Å². The van der Waals surface area contributed by atoms with Crippen molar-refractivity contribution in [1.82, 2.24) is 0 Å². The number of rotatable bonds is 6. The maximum Gasteiger partial charge on any atom is 0.355 e. The van der Waals surface area contributed by atoms with E-state index in [2.05, 4.69) is 6.07 Å². The Morgan fingerprint density at radius 2 is 1.53 bits per heavy atom. The van der Waals surface area contributed by atoms with Gasteiger partial charge >= 0.3 is 11.9 Å². The molecule has 3 aromatic rings. The van der Waals surface area contributed by atoms with Gasteiger partial charge < -0.3 is 19.9 Å². The Bertz CT molecular complexity index is 1490. The third-order valence-electron chi connectivity index (χ3n) is 6.46. The smallest absolute Gasteiger partial charge is 0.355 e. The summed E-state index contributed by atoms with van der Waals surface area (Å²) in [6, 6.07) is 24.4. The summed E-state index contributed by atoms with van der Waals surface area (Å²) in [5.74, 6) is -2.22. The van der Waals surface area contributed by atoms with Gasteiger partial charge in [0.25, 0.3) is 0 Å². The molecule has 0 radical (unpaired) electrons. The minimum Gasteiger partial charge on any atom is -0.495 e. The van der Waals surface area contributed by atoms with Gasteiger partial charge in [-0.3, -0.25) is 4.90 Å². The van der Waals surface area contributed by atoms with Crippen LogP contribution >= 0.6 is 0 Å². The van der Waals surface area contributed by atoms with Gasteiger partial charge in [-0.1, -0.05) is 60.7 Å². The number of anilines is 1. The Kier molecular flexibility index (Phi) is 7.49. The van der Waals surface area contributed by atoms with Gasteiger partial charge in [-0.05, 0) is 41.3 Å². The summed E-state index contributed by atoms with van der Waals surface area (Å²) in [5, 5.41) is 10.2. The van der Waals surface area contributed by atoms with E-state index in [0.29, 0.717) is 17.0 Å². The Morgan fingerprint density at radius 3 is 2.08 bits per heavy atom. The predicted octanol–water partition coefficient (Wildman–Crippen LogP) is 4.57. The number of nitrogens with zero attached hydrogens (tertiary/aromatic N) is 2. The zero-order valence-electron chi connectivity index (χ0n) is 21.5. The molecule has 0 saturated heterocycles. The van der Waals surface area contributed by atoms with E-state index in [1.807, 2.05) is 49.4 Å². The molecule has 2 N–H and O–H groups in total. The van der Waals surface area contributed by atoms with Gasteiger partial charge in [0.2, 0.25) is 0 Å². The number of methoxy groups -OCH3 is 3. The molecule has 0 bridgehead atoms. The number of carbonyl (C=O) groups excluding carboxylic acids is 2. The van der Waals surface area contributed by atoms with Crippen LogP contribution in [0.25, 0.3) is 11.1 Å². The van der Waals surface area contributed by atoms with Crippen molar-refractivity contribution >= 4 is 17.6 Å². The second-order valence-electron chi connectivity index (χ2n) is 8.54. The van der Waals surface area contributed by atoms with Crippen molar-refractivity contribution in [3.05, 3.63) is 107 Å². The molecule has 38 heavy (non-hydrogen) atoms. The fraction of sp³-hybridized carbons (Fsp3) is 0.167. The molecule has 0 aliphatic carbocycles. The molecule has 1 aliphatic rings. The van der Waals surface area contributed by atoms with E-state index in [0.717, 1.165) is 16.7 Å². The summed E-state index contributed by atoms with van der Waals surface area (Å²) in [6.07, 6.45) is 0. The van der Waals surface area contributed by atoms with Crippen LogP contribution in [0.15, 0.2) is 95.5 Å². The van der Waals surface area contributed by atoms with Crippen LogP contribution in [0.2, 0.25) is 0 Å². The van der Waals surface area contributed by atoms with Gasteiger partial charge in [0.15, 0.2) is 0 Å². The lowest BCUT2D eigenvalue weighted by atomic mass is 9.80. The summed E-state index contributed by atoms with van der Waals surface area (Å²) in [5.41, 5.74) is 10.2. The molecule has 1 atom stereocenters. The number of allylic oxidation sites excluding steroid dienone is 1. The minimum atomic E-state index is -0.949. The number of ether oxygens (including phenoxy) is 3. The fourth-order valence-electron chi connectivity index (χ4n) is 4.70. The number of hydrogen-bond donors (Lipinski definition) is 1. The van der Waals surface area contributed by atoms with Gasteiger partial charge in [0.05, 0.1) is 50.2 Å². The van der Waals surface area contributed by atoms with E-state index in [9.17, 15) is 14.9 Å². The zero-order chi connectivity index (χ0) is 27.4. The van der Waals surface area contributed by atoms with Gasteiger partial charge in [0.1, 0.15) is 17.3 Å². The largest absolute Gasteiger partial charge is 0.495 e. The summed E-state index contributed by atoms with van der Waals surface area (Å²) < 4.78 is 16.0. The number of benzene rings is 3. The lowest BCUT2D eigenvalue weighted by molar-refractivity contribution is -0.139. The second-order valence-corrected chi connectivity index (χ2v) is 8.54. The number of carbonyl (C=O) groups is 2. The third kappa shape index (κ3) is 4.46. The van der Waals surface area contributed by atoms with E-state index < -0.39 is 17.9 Å². The van der Waals surface area contributed by atoms with Gasteiger partial charge in [0, 0.05) is 0 Å². The highest BCUT2D eigenvalue weighted by atomic mass is 16.5. The summed E-state index contributed by atoms with van der Waals surface area (Å²) in [6.45, 7) is 1.91. The first-order chi connectivity index (χ1) is 18.4. The average Bonchev–Trinajstić information content (AvgIpc) is 2.96. The molecule has 192 valence electrons. The van der Waals surface area contributed by atoms with Gasteiger partial charge in [-0.25, -0.2) is 9.59 Å². The Labute approximate surface area is 221 Å². The summed E-state index contributed by atoms with van der Waals surface area (Å²) >= 11 is 0. The molecule has 8 nitrogen and oxygen atoms in total. The second kappa shape index (κ2) is 10.9. The van der Waals surface area contributed by atoms with Gasteiger partial charge in [-0.2, -0.15) is 5.26 Å². The highest BCUT2D eigenvalue weighted by Crippen LogP contribution is 2.46. The Balaban J connectivity index is 2.06. The van der Waals surface area contributed by atoms with Crippen LogP contribution in [-0.2, 0) is 19.1 Å². The first-order valence-electron chi connectivity index (χ1n) is 11.8. The standard InChI is InChI=1S/C30H27N3O5/c1-18-15-23(24(36-2)16-21(18)19-11-7-5-8-12-19)33-27(30(35)38-4)26(29(34)37-3)25(22(17-31)28(33)32)20-13-9-6-10-14-20/h5-16,25H,32H2,1-4H3. The molecule has 0 aromatic heterocycles. The quantitative estimate of drug-likeness (QED) is 0.481. The lowest BCUT2D eigenvalue weighted by Gasteiger charge is -2.36. The molecule has 0 spiro atoms. The zero-order valence-corrected chi connectivity index (χ0v) is 21.5. The maximum absolute atomic E-state index is 13.3. The molecular weight excluding hydrogens is 482 g/mol. The number of nitrogens with two attached hydrogens (primary N) is 1. The highest BCUT2D eigenvalue weighted by Gasteiger charge is 2.43. The van der Waals surface area contributed by atoms with Crippen LogP contribution < -0.4 is 15.4 Å². The first kappa shape index (κ1) is 26.0. The van der Waals surface area contributed by atoms with Crippen molar-refractivity contribution in [1.29, 1.82) is 5.26 Å². The molecule has 0 amide bonds. The lowest BCUT2D eigenvalue weighted by Crippen LogP contribution is -2.41. The van der Waals surface area contributed by atoms with E-state index in [-0.39, 0.29) is 22.7 Å². The average molecular weight is 510 g/mol. The molecule has 4 rings (SSSR count). The molecule has 1 unspecified atom stereocenters. The number of aryl methyl sites for hydroxylation is 1. The Morgan fingerprint density at radius 1 is 0.921 bits per heavy atom. The molecule has 1 aliphatic heterocycles. The van der Waals surface area contributed by atoms with Crippen LogP contribution in [-0.4, -0.2) is 33.3 Å². The maximum atomic E-state index is 13.3. The van der Waals surface area contributed by atoms with E-state index in [4.69, 9.17) is 19.9 Å². The van der Waals surface area contributed by atoms with Crippen LogP contribution in [0.1, 0.15) is 17.0 Å². The van der Waals surface area contributed by atoms with Crippen molar-refractivity contribution in [2.45, 2.75) is 12.8 Å². The molecule has 8 heteroatoms. The SMILES string of the molecule is COC(=O)C1=C(C(=O)OC)N(c2cc(C)c(-c3ccccc3)cc2OC)C(N)=C(C#N)C1c1ccccc1.